The number of benzene rings is 1. The highest BCUT2D eigenvalue weighted by Crippen LogP contribution is 2.33. The molecule has 1 aromatic carbocycles. The summed E-state index contributed by atoms with van der Waals surface area (Å²) in [5.41, 5.74) is 2.42. The van der Waals surface area contributed by atoms with Crippen LogP contribution in [0.3, 0.4) is 0 Å². The van der Waals surface area contributed by atoms with Gasteiger partial charge in [0.15, 0.2) is 0 Å². The average molecular weight is 475 g/mol. The molecule has 2 aromatic rings. The smallest absolute Gasteiger partial charge is 0.338 e. The Kier molecular flexibility index (Phi) is 6.17. The van der Waals surface area contributed by atoms with Crippen molar-refractivity contribution in [3.63, 3.8) is 0 Å². The van der Waals surface area contributed by atoms with Gasteiger partial charge in [-0.05, 0) is 49.2 Å². The molecule has 176 valence electrons. The Hall–Kier alpha value is -3.31. The van der Waals surface area contributed by atoms with Crippen molar-refractivity contribution in [2.45, 2.75) is 24.3 Å². The molecule has 3 heterocycles. The third kappa shape index (κ3) is 4.33. The molecule has 0 spiro atoms. The van der Waals surface area contributed by atoms with Crippen LogP contribution in [-0.4, -0.2) is 58.5 Å². The molecule has 2 amide bonds. The second-order valence-corrected chi connectivity index (χ2v) is 10.1. The van der Waals surface area contributed by atoms with Gasteiger partial charge in [-0.3, -0.25) is 0 Å². The molecule has 0 saturated heterocycles. The maximum absolute atomic E-state index is 12.9. The lowest BCUT2D eigenvalue weighted by Gasteiger charge is -2.30. The van der Waals surface area contributed by atoms with Gasteiger partial charge in [-0.25, -0.2) is 22.3 Å². The van der Waals surface area contributed by atoms with Crippen molar-refractivity contribution in [1.82, 2.24) is 14.9 Å². The summed E-state index contributed by atoms with van der Waals surface area (Å²) in [6, 6.07) is 7.14. The summed E-state index contributed by atoms with van der Waals surface area (Å²) in [4.78, 5) is 27.5. The van der Waals surface area contributed by atoms with E-state index in [1.807, 2.05) is 4.90 Å². The number of sulfonamides is 1. The topological polar surface area (TPSA) is 121 Å². The number of carbonyl (C=O) groups is 2. The Labute approximate surface area is 192 Å². The van der Waals surface area contributed by atoms with E-state index in [1.54, 1.807) is 37.3 Å². The largest absolute Gasteiger partial charge is 0.467 e. The Morgan fingerprint density at radius 1 is 1.30 bits per heavy atom. The normalized spacial score (nSPS) is 18.2. The Morgan fingerprint density at radius 2 is 2.09 bits per heavy atom. The minimum absolute atomic E-state index is 0.185. The number of nitrogens with one attached hydrogen (secondary N) is 2. The van der Waals surface area contributed by atoms with Crippen LogP contribution in [0.5, 0.6) is 0 Å². The van der Waals surface area contributed by atoms with Gasteiger partial charge in [0.25, 0.3) is 0 Å². The summed E-state index contributed by atoms with van der Waals surface area (Å²) in [6.07, 6.45) is 2.12. The third-order valence-corrected chi connectivity index (χ3v) is 7.46. The van der Waals surface area contributed by atoms with Crippen molar-refractivity contribution in [2.75, 3.05) is 38.7 Å². The fourth-order valence-electron chi connectivity index (χ4n) is 4.03. The number of urea groups is 1. The van der Waals surface area contributed by atoms with E-state index in [0.29, 0.717) is 24.4 Å². The number of furan rings is 1. The lowest BCUT2D eigenvalue weighted by Crippen LogP contribution is -2.48. The predicted molar refractivity (Wildman–Crippen MR) is 120 cm³/mol. The second-order valence-electron chi connectivity index (χ2n) is 7.91. The fraction of sp³-hybridized carbons (Fsp3) is 0.364. The average Bonchev–Trinajstić information content (AvgIpc) is 3.43. The Morgan fingerprint density at radius 3 is 2.76 bits per heavy atom. The molecule has 2 aliphatic heterocycles. The zero-order valence-corrected chi connectivity index (χ0v) is 19.4. The monoisotopic (exact) mass is 474 g/mol. The van der Waals surface area contributed by atoms with Crippen LogP contribution in [0.4, 0.5) is 10.5 Å². The first-order chi connectivity index (χ1) is 15.7. The molecule has 33 heavy (non-hydrogen) atoms. The van der Waals surface area contributed by atoms with Gasteiger partial charge in [0.05, 0.1) is 35.6 Å². The van der Waals surface area contributed by atoms with Gasteiger partial charge in [-0.2, -0.15) is 0 Å². The van der Waals surface area contributed by atoms with E-state index in [9.17, 15) is 18.0 Å². The standard InChI is InChI=1S/C22H26N4O6S/c1-4-31-21(27)19-16(23-22(28)24-20(19)18-6-5-11-32-18)13-26-10-9-14-12-15(7-8-17(14)26)33(29,30)25(2)3/h5-8,11-12,20H,4,9-10,13H2,1-3H3,(H2,23,24,28)/t20-/m1/s1. The molecule has 4 rings (SSSR count). The first-order valence-electron chi connectivity index (χ1n) is 10.5. The summed E-state index contributed by atoms with van der Waals surface area (Å²) in [5.74, 6) is -0.126. The predicted octanol–water partition coefficient (Wildman–Crippen LogP) is 1.76. The highest BCUT2D eigenvalue weighted by atomic mass is 32.2. The van der Waals surface area contributed by atoms with Crippen molar-refractivity contribution in [3.8, 4) is 0 Å². The summed E-state index contributed by atoms with van der Waals surface area (Å²) >= 11 is 0. The van der Waals surface area contributed by atoms with E-state index in [-0.39, 0.29) is 23.6 Å². The van der Waals surface area contributed by atoms with Gasteiger partial charge < -0.3 is 24.7 Å². The van der Waals surface area contributed by atoms with Crippen LogP contribution < -0.4 is 15.5 Å². The molecule has 0 fully saturated rings. The summed E-state index contributed by atoms with van der Waals surface area (Å²) in [6.45, 7) is 2.75. The molecule has 11 heteroatoms. The molecular formula is C22H26N4O6S. The molecule has 1 aromatic heterocycles. The van der Waals surface area contributed by atoms with Crippen LogP contribution in [0.2, 0.25) is 0 Å². The van der Waals surface area contributed by atoms with Crippen LogP contribution in [0, 0.1) is 0 Å². The van der Waals surface area contributed by atoms with Crippen molar-refractivity contribution >= 4 is 27.7 Å². The van der Waals surface area contributed by atoms with E-state index < -0.39 is 28.1 Å². The fourth-order valence-corrected chi connectivity index (χ4v) is 4.99. The summed E-state index contributed by atoms with van der Waals surface area (Å²) < 4.78 is 36.9. The van der Waals surface area contributed by atoms with E-state index in [2.05, 4.69) is 10.6 Å². The van der Waals surface area contributed by atoms with Crippen molar-refractivity contribution in [1.29, 1.82) is 0 Å². The second kappa shape index (κ2) is 8.91. The summed E-state index contributed by atoms with van der Waals surface area (Å²) in [5, 5.41) is 5.47. The highest BCUT2D eigenvalue weighted by molar-refractivity contribution is 7.89. The minimum atomic E-state index is -3.54. The van der Waals surface area contributed by atoms with E-state index in [4.69, 9.17) is 9.15 Å². The minimum Gasteiger partial charge on any atom is -0.467 e. The van der Waals surface area contributed by atoms with Crippen molar-refractivity contribution in [2.24, 2.45) is 0 Å². The number of rotatable bonds is 7. The number of fused-ring (bicyclic) bond motifs is 1. The third-order valence-electron chi connectivity index (χ3n) is 5.65. The van der Waals surface area contributed by atoms with Gasteiger partial charge >= 0.3 is 12.0 Å². The highest BCUT2D eigenvalue weighted by Gasteiger charge is 2.36. The SMILES string of the molecule is CCOC(=O)C1=C(CN2CCc3cc(S(=O)(=O)N(C)C)ccc32)NC(=O)N[C@@H]1c1ccco1. The molecule has 0 bridgehead atoms. The number of esters is 1. The van der Waals surface area contributed by atoms with Gasteiger partial charge in [0, 0.05) is 26.3 Å². The first-order valence-corrected chi connectivity index (χ1v) is 12.0. The Bertz CT molecular complexity index is 1200. The van der Waals surface area contributed by atoms with E-state index in [1.165, 1.54) is 24.7 Å². The molecule has 2 aliphatic rings. The van der Waals surface area contributed by atoms with Crippen molar-refractivity contribution < 1.29 is 27.2 Å². The van der Waals surface area contributed by atoms with Gasteiger partial charge in [-0.1, -0.05) is 0 Å². The van der Waals surface area contributed by atoms with Crippen LogP contribution in [-0.2, 0) is 26.0 Å². The zero-order valence-electron chi connectivity index (χ0n) is 18.6. The van der Waals surface area contributed by atoms with E-state index in [0.717, 1.165) is 11.3 Å². The zero-order chi connectivity index (χ0) is 23.8. The molecule has 0 radical (unpaired) electrons. The number of nitrogens with zero attached hydrogens (tertiary/aromatic N) is 2. The summed E-state index contributed by atoms with van der Waals surface area (Å²) in [7, 11) is -0.553. The number of ether oxygens (including phenoxy) is 1. The maximum atomic E-state index is 12.9. The number of carbonyl (C=O) groups excluding carboxylic acids is 2. The molecule has 0 saturated carbocycles. The first kappa shape index (κ1) is 22.9. The van der Waals surface area contributed by atoms with Crippen LogP contribution in [0.25, 0.3) is 0 Å². The van der Waals surface area contributed by atoms with Crippen LogP contribution in [0.1, 0.15) is 24.3 Å². The Balaban J connectivity index is 1.69. The number of hydrogen-bond donors (Lipinski definition) is 2. The number of anilines is 1. The molecule has 10 nitrogen and oxygen atoms in total. The van der Waals surface area contributed by atoms with Gasteiger partial charge in [0.1, 0.15) is 11.8 Å². The molecule has 2 N–H and O–H groups in total. The molecule has 1 atom stereocenters. The van der Waals surface area contributed by atoms with Crippen LogP contribution >= 0.6 is 0 Å². The van der Waals surface area contributed by atoms with Gasteiger partial charge in [-0.15, -0.1) is 0 Å². The molecule has 0 unspecified atom stereocenters. The lowest BCUT2D eigenvalue weighted by molar-refractivity contribution is -0.139. The maximum Gasteiger partial charge on any atom is 0.338 e. The molecular weight excluding hydrogens is 448 g/mol. The molecule has 0 aliphatic carbocycles. The number of amides is 2. The van der Waals surface area contributed by atoms with Gasteiger partial charge in [0.2, 0.25) is 10.0 Å². The lowest BCUT2D eigenvalue weighted by atomic mass is 10.00. The van der Waals surface area contributed by atoms with E-state index >= 15 is 0 Å². The van der Waals surface area contributed by atoms with Crippen molar-refractivity contribution in [3.05, 3.63) is 59.2 Å². The van der Waals surface area contributed by atoms with Crippen LogP contribution in [0.15, 0.2) is 57.2 Å². The quantitative estimate of drug-likeness (QED) is 0.587. The number of hydrogen-bond acceptors (Lipinski definition) is 7.